The minimum Gasteiger partial charge on any atom is -0.497 e. The maximum atomic E-state index is 11.8. The number of nitrogens with one attached hydrogen (secondary N) is 3. The molecule has 0 saturated heterocycles. The molecule has 0 aliphatic carbocycles. The third kappa shape index (κ3) is 3.49. The molecule has 0 saturated carbocycles. The van der Waals surface area contributed by atoms with Crippen LogP contribution in [0.2, 0.25) is 0 Å². The van der Waals surface area contributed by atoms with Gasteiger partial charge in [0.15, 0.2) is 0 Å². The topological polar surface area (TPSA) is 78.5 Å². The summed E-state index contributed by atoms with van der Waals surface area (Å²) in [6.45, 7) is 0. The number of urea groups is 1. The number of para-hydroxylation sites is 1. The van der Waals surface area contributed by atoms with E-state index in [0.717, 1.165) is 22.2 Å². The molecule has 0 atom stereocenters. The van der Waals surface area contributed by atoms with Crippen LogP contribution in [-0.4, -0.2) is 24.3 Å². The Bertz CT molecular complexity index is 837. The molecule has 1 aromatic heterocycles. The third-order valence-corrected chi connectivity index (χ3v) is 3.34. The highest BCUT2D eigenvalue weighted by atomic mass is 16.5. The molecule has 0 aliphatic heterocycles. The van der Waals surface area contributed by atoms with Crippen LogP contribution >= 0.6 is 0 Å². The number of H-pyrrole nitrogens is 1. The van der Waals surface area contributed by atoms with Crippen molar-refractivity contribution >= 4 is 28.8 Å². The van der Waals surface area contributed by atoms with Crippen LogP contribution < -0.4 is 15.5 Å². The molecule has 0 fully saturated rings. The number of carbonyl (C=O) groups is 1. The van der Waals surface area contributed by atoms with E-state index in [1.54, 1.807) is 37.6 Å². The summed E-state index contributed by atoms with van der Waals surface area (Å²) in [6, 6.07) is 14.5. The predicted octanol–water partition coefficient (Wildman–Crippen LogP) is 3.33. The number of hydrogen-bond donors (Lipinski definition) is 3. The molecule has 2 aromatic carbocycles. The van der Waals surface area contributed by atoms with Gasteiger partial charge in [0.25, 0.3) is 0 Å². The Labute approximate surface area is 133 Å². The van der Waals surface area contributed by atoms with E-state index in [2.05, 4.69) is 20.8 Å². The number of nitrogens with zero attached hydrogens (tertiary/aromatic N) is 1. The molecular weight excluding hydrogens is 292 g/mol. The Balaban J connectivity index is 1.59. The fourth-order valence-corrected chi connectivity index (χ4v) is 2.19. The van der Waals surface area contributed by atoms with Crippen LogP contribution in [0.1, 0.15) is 5.56 Å². The molecule has 0 spiro atoms. The van der Waals surface area contributed by atoms with E-state index in [1.807, 2.05) is 30.5 Å². The van der Waals surface area contributed by atoms with Gasteiger partial charge in [-0.05, 0) is 30.3 Å². The molecule has 116 valence electrons. The van der Waals surface area contributed by atoms with Gasteiger partial charge in [-0.2, -0.15) is 5.10 Å². The SMILES string of the molecule is COc1ccc(NC(=O)N/N=C/c2c[nH]c3ccccc23)cc1. The molecule has 3 rings (SSSR count). The van der Waals surface area contributed by atoms with Crippen LogP contribution in [0.15, 0.2) is 59.8 Å². The van der Waals surface area contributed by atoms with E-state index in [1.165, 1.54) is 0 Å². The molecule has 2 amide bonds. The molecule has 3 aromatic rings. The molecule has 6 nitrogen and oxygen atoms in total. The maximum absolute atomic E-state index is 11.8. The number of methoxy groups -OCH3 is 1. The Morgan fingerprint density at radius 1 is 1.17 bits per heavy atom. The van der Waals surface area contributed by atoms with Crippen LogP contribution in [0.5, 0.6) is 5.75 Å². The van der Waals surface area contributed by atoms with Crippen molar-refractivity contribution in [1.82, 2.24) is 10.4 Å². The number of hydrogen-bond acceptors (Lipinski definition) is 3. The second-order valence-corrected chi connectivity index (χ2v) is 4.84. The van der Waals surface area contributed by atoms with Crippen molar-refractivity contribution in [3.63, 3.8) is 0 Å². The third-order valence-electron chi connectivity index (χ3n) is 3.34. The molecular formula is C17H16N4O2. The Morgan fingerprint density at radius 3 is 2.74 bits per heavy atom. The van der Waals surface area contributed by atoms with Crippen molar-refractivity contribution in [1.29, 1.82) is 0 Å². The van der Waals surface area contributed by atoms with Gasteiger partial charge in [-0.1, -0.05) is 18.2 Å². The minimum absolute atomic E-state index is 0.411. The van der Waals surface area contributed by atoms with Crippen molar-refractivity contribution in [2.75, 3.05) is 12.4 Å². The molecule has 3 N–H and O–H groups in total. The standard InChI is InChI=1S/C17H16N4O2/c1-23-14-8-6-13(7-9-14)20-17(22)21-19-11-12-10-18-16-5-3-2-4-15(12)16/h2-11,18H,1H3,(H2,20,21,22)/b19-11+. The van der Waals surface area contributed by atoms with Gasteiger partial charge in [0, 0.05) is 28.4 Å². The van der Waals surface area contributed by atoms with Gasteiger partial charge >= 0.3 is 6.03 Å². The Hall–Kier alpha value is -3.28. The number of amides is 2. The summed E-state index contributed by atoms with van der Waals surface area (Å²) in [4.78, 5) is 14.9. The van der Waals surface area contributed by atoms with Crippen LogP contribution in [0.4, 0.5) is 10.5 Å². The van der Waals surface area contributed by atoms with Gasteiger partial charge in [-0.3, -0.25) is 0 Å². The van der Waals surface area contributed by atoms with Crippen molar-refractivity contribution in [2.45, 2.75) is 0 Å². The molecule has 6 heteroatoms. The second kappa shape index (κ2) is 6.65. The lowest BCUT2D eigenvalue weighted by atomic mass is 10.2. The van der Waals surface area contributed by atoms with Crippen LogP contribution in [0.3, 0.4) is 0 Å². The van der Waals surface area contributed by atoms with Crippen LogP contribution in [-0.2, 0) is 0 Å². The number of ether oxygens (including phenoxy) is 1. The molecule has 0 unspecified atom stereocenters. The summed E-state index contributed by atoms with van der Waals surface area (Å²) in [5.74, 6) is 0.730. The van der Waals surface area contributed by atoms with Gasteiger partial charge in [0.1, 0.15) is 5.75 Å². The minimum atomic E-state index is -0.411. The summed E-state index contributed by atoms with van der Waals surface area (Å²) >= 11 is 0. The van der Waals surface area contributed by atoms with Crippen molar-refractivity contribution in [2.24, 2.45) is 5.10 Å². The highest BCUT2D eigenvalue weighted by Crippen LogP contribution is 2.16. The number of benzene rings is 2. The zero-order valence-electron chi connectivity index (χ0n) is 12.5. The molecule has 0 bridgehead atoms. The number of anilines is 1. The summed E-state index contributed by atoms with van der Waals surface area (Å²) in [6.07, 6.45) is 3.45. The van der Waals surface area contributed by atoms with Crippen LogP contribution in [0.25, 0.3) is 10.9 Å². The van der Waals surface area contributed by atoms with E-state index in [-0.39, 0.29) is 0 Å². The molecule has 0 aliphatic rings. The highest BCUT2D eigenvalue weighted by molar-refractivity contribution is 5.99. The lowest BCUT2D eigenvalue weighted by Gasteiger charge is -2.05. The Kier molecular flexibility index (Phi) is 4.24. The van der Waals surface area contributed by atoms with Gasteiger partial charge in [-0.15, -0.1) is 0 Å². The number of fused-ring (bicyclic) bond motifs is 1. The first-order valence-electron chi connectivity index (χ1n) is 7.06. The number of carbonyl (C=O) groups excluding carboxylic acids is 1. The number of aromatic nitrogens is 1. The summed E-state index contributed by atoms with van der Waals surface area (Å²) in [5.41, 5.74) is 5.03. The van der Waals surface area contributed by atoms with E-state index < -0.39 is 6.03 Å². The van der Waals surface area contributed by atoms with E-state index in [4.69, 9.17) is 4.74 Å². The quantitative estimate of drug-likeness (QED) is 0.510. The van der Waals surface area contributed by atoms with E-state index >= 15 is 0 Å². The normalized spacial score (nSPS) is 10.8. The fraction of sp³-hybridized carbons (Fsp3) is 0.0588. The van der Waals surface area contributed by atoms with E-state index in [9.17, 15) is 4.79 Å². The highest BCUT2D eigenvalue weighted by Gasteiger charge is 2.02. The van der Waals surface area contributed by atoms with Gasteiger partial charge in [0.05, 0.1) is 13.3 Å². The lowest BCUT2D eigenvalue weighted by Crippen LogP contribution is -2.24. The Morgan fingerprint density at radius 2 is 1.96 bits per heavy atom. The first-order chi connectivity index (χ1) is 11.3. The first-order valence-corrected chi connectivity index (χ1v) is 7.06. The van der Waals surface area contributed by atoms with Crippen molar-refractivity contribution in [3.8, 4) is 5.75 Å². The number of rotatable bonds is 4. The van der Waals surface area contributed by atoms with Gasteiger partial charge in [-0.25, -0.2) is 10.2 Å². The van der Waals surface area contributed by atoms with Crippen molar-refractivity contribution in [3.05, 3.63) is 60.3 Å². The zero-order chi connectivity index (χ0) is 16.1. The first kappa shape index (κ1) is 14.6. The molecule has 0 radical (unpaired) electrons. The van der Waals surface area contributed by atoms with Crippen LogP contribution in [0, 0.1) is 0 Å². The lowest BCUT2D eigenvalue weighted by molar-refractivity contribution is 0.252. The zero-order valence-corrected chi connectivity index (χ0v) is 12.5. The average molecular weight is 308 g/mol. The molecule has 23 heavy (non-hydrogen) atoms. The van der Waals surface area contributed by atoms with E-state index in [0.29, 0.717) is 5.69 Å². The summed E-state index contributed by atoms with van der Waals surface area (Å²) < 4.78 is 5.06. The number of hydrazone groups is 1. The number of aromatic amines is 1. The maximum Gasteiger partial charge on any atom is 0.339 e. The fourth-order valence-electron chi connectivity index (χ4n) is 2.19. The van der Waals surface area contributed by atoms with Gasteiger partial charge in [0.2, 0.25) is 0 Å². The largest absolute Gasteiger partial charge is 0.497 e. The van der Waals surface area contributed by atoms with Gasteiger partial charge < -0.3 is 15.0 Å². The summed E-state index contributed by atoms with van der Waals surface area (Å²) in [7, 11) is 1.59. The second-order valence-electron chi connectivity index (χ2n) is 4.84. The summed E-state index contributed by atoms with van der Waals surface area (Å²) in [5, 5.41) is 7.70. The predicted molar refractivity (Wildman–Crippen MR) is 91.0 cm³/mol. The van der Waals surface area contributed by atoms with Crippen molar-refractivity contribution < 1.29 is 9.53 Å². The average Bonchev–Trinajstić information content (AvgIpc) is 2.99. The smallest absolute Gasteiger partial charge is 0.339 e. The monoisotopic (exact) mass is 308 g/mol. The molecule has 1 heterocycles.